The number of hydrogen-bond donors (Lipinski definition) is 4. The van der Waals surface area contributed by atoms with Crippen molar-refractivity contribution < 1.29 is 39.4 Å². The van der Waals surface area contributed by atoms with E-state index >= 15 is 0 Å². The Morgan fingerprint density at radius 1 is 1.08 bits per heavy atom. The van der Waals surface area contributed by atoms with Crippen molar-refractivity contribution in [2.75, 3.05) is 0 Å². The molecule has 4 N–H and O–H groups in total. The number of hydrogen-bond acceptors (Lipinski definition) is 7. The number of ether oxygens (including phenoxy) is 3. The lowest BCUT2D eigenvalue weighted by molar-refractivity contribution is -0.304. The van der Waals surface area contributed by atoms with E-state index in [1.54, 1.807) is 6.92 Å². The first-order valence-corrected chi connectivity index (χ1v) is 7.68. The lowest BCUT2D eigenvalue weighted by Crippen LogP contribution is -2.60. The first kappa shape index (κ1) is 17.3. The van der Waals surface area contributed by atoms with Crippen molar-refractivity contribution in [2.45, 2.75) is 55.9 Å². The summed E-state index contributed by atoms with van der Waals surface area (Å²) in [6.07, 6.45) is -8.95. The molecule has 2 fully saturated rings. The zero-order valence-corrected chi connectivity index (χ0v) is 12.9. The van der Waals surface area contributed by atoms with Crippen LogP contribution in [0.1, 0.15) is 18.6 Å². The van der Waals surface area contributed by atoms with E-state index in [0.717, 1.165) is 5.56 Å². The Kier molecular flexibility index (Phi) is 4.86. The molecule has 1 aromatic carbocycles. The van der Waals surface area contributed by atoms with Crippen molar-refractivity contribution in [3.05, 3.63) is 35.9 Å². The van der Waals surface area contributed by atoms with Crippen molar-refractivity contribution in [2.24, 2.45) is 0 Å². The maximum absolute atomic E-state index is 11.1. The van der Waals surface area contributed by atoms with Crippen LogP contribution in [0.3, 0.4) is 0 Å². The van der Waals surface area contributed by atoms with Crippen LogP contribution in [-0.4, -0.2) is 69.3 Å². The molecule has 0 spiro atoms. The molecule has 1 aromatic rings. The molecular formula is C16H20O8. The molecule has 0 aliphatic carbocycles. The molecule has 8 unspecified atom stereocenters. The molecule has 2 aliphatic rings. The Morgan fingerprint density at radius 2 is 1.75 bits per heavy atom. The molecule has 3 rings (SSSR count). The monoisotopic (exact) mass is 340 g/mol. The van der Waals surface area contributed by atoms with Crippen LogP contribution in [0.5, 0.6) is 0 Å². The summed E-state index contributed by atoms with van der Waals surface area (Å²) in [4.78, 5) is 11.1. The molecule has 8 heteroatoms. The zero-order valence-electron chi connectivity index (χ0n) is 12.9. The number of benzene rings is 1. The van der Waals surface area contributed by atoms with Gasteiger partial charge in [0.05, 0.1) is 6.10 Å². The van der Waals surface area contributed by atoms with E-state index in [2.05, 4.69) is 0 Å². The van der Waals surface area contributed by atoms with E-state index in [0.29, 0.717) is 0 Å². The van der Waals surface area contributed by atoms with E-state index in [4.69, 9.17) is 19.3 Å². The fourth-order valence-electron chi connectivity index (χ4n) is 2.85. The van der Waals surface area contributed by atoms with Gasteiger partial charge in [0.2, 0.25) is 0 Å². The molecule has 132 valence electrons. The number of epoxide rings is 1. The van der Waals surface area contributed by atoms with Crippen LogP contribution in [-0.2, 0) is 19.0 Å². The van der Waals surface area contributed by atoms with Gasteiger partial charge in [0.1, 0.15) is 30.5 Å². The largest absolute Gasteiger partial charge is 0.479 e. The summed E-state index contributed by atoms with van der Waals surface area (Å²) < 4.78 is 16.2. The van der Waals surface area contributed by atoms with Gasteiger partial charge in [0.25, 0.3) is 0 Å². The summed E-state index contributed by atoms with van der Waals surface area (Å²) in [6.45, 7) is 1.71. The van der Waals surface area contributed by atoms with Crippen molar-refractivity contribution in [3.63, 3.8) is 0 Å². The van der Waals surface area contributed by atoms with Crippen molar-refractivity contribution in [3.8, 4) is 0 Å². The highest BCUT2D eigenvalue weighted by atomic mass is 16.7. The highest BCUT2D eigenvalue weighted by Gasteiger charge is 2.51. The fraction of sp³-hybridized carbons (Fsp3) is 0.562. The lowest BCUT2D eigenvalue weighted by Gasteiger charge is -2.39. The minimum atomic E-state index is -1.73. The first-order chi connectivity index (χ1) is 11.4. The van der Waals surface area contributed by atoms with Crippen LogP contribution in [0.2, 0.25) is 0 Å². The predicted octanol–water partition coefficient (Wildman–Crippen LogP) is -0.576. The minimum absolute atomic E-state index is 0.146. The average Bonchev–Trinajstić information content (AvgIpc) is 3.36. The van der Waals surface area contributed by atoms with Crippen LogP contribution < -0.4 is 0 Å². The number of carboxylic acids is 1. The van der Waals surface area contributed by atoms with Gasteiger partial charge in [0.15, 0.2) is 12.4 Å². The summed E-state index contributed by atoms with van der Waals surface area (Å²) >= 11 is 0. The topological polar surface area (TPSA) is 129 Å². The number of aliphatic hydroxyl groups excluding tert-OH is 3. The van der Waals surface area contributed by atoms with Crippen molar-refractivity contribution in [1.29, 1.82) is 0 Å². The van der Waals surface area contributed by atoms with Gasteiger partial charge in [-0.25, -0.2) is 4.79 Å². The molecular weight excluding hydrogens is 320 g/mol. The maximum atomic E-state index is 11.1. The van der Waals surface area contributed by atoms with Gasteiger partial charge in [-0.2, -0.15) is 0 Å². The summed E-state index contributed by atoms with van der Waals surface area (Å²) in [6, 6.07) is 9.52. The second-order valence-corrected chi connectivity index (χ2v) is 6.01. The van der Waals surface area contributed by atoms with E-state index in [9.17, 15) is 20.1 Å². The quantitative estimate of drug-likeness (QED) is 0.524. The van der Waals surface area contributed by atoms with Crippen LogP contribution in [0.4, 0.5) is 0 Å². The first-order valence-electron chi connectivity index (χ1n) is 7.68. The number of carboxylic acid groups (broad SMARTS) is 1. The van der Waals surface area contributed by atoms with Crippen molar-refractivity contribution in [1.82, 2.24) is 0 Å². The molecule has 2 aliphatic heterocycles. The molecule has 2 saturated heterocycles. The molecule has 0 aromatic heterocycles. The third-order valence-corrected chi connectivity index (χ3v) is 4.28. The Balaban J connectivity index is 1.62. The van der Waals surface area contributed by atoms with E-state index in [1.807, 2.05) is 30.3 Å². The van der Waals surface area contributed by atoms with E-state index in [1.165, 1.54) is 0 Å². The molecule has 0 bridgehead atoms. The van der Waals surface area contributed by atoms with Gasteiger partial charge in [-0.1, -0.05) is 30.3 Å². The highest BCUT2D eigenvalue weighted by molar-refractivity contribution is 5.73. The molecule has 2 heterocycles. The SMILES string of the molecule is CC(OC1OC(C(=O)O)C(O)C(O)C1O)C1OC1c1ccccc1. The summed E-state index contributed by atoms with van der Waals surface area (Å²) in [7, 11) is 0. The van der Waals surface area contributed by atoms with Gasteiger partial charge in [0, 0.05) is 0 Å². The number of aliphatic hydroxyl groups is 3. The third kappa shape index (κ3) is 3.30. The lowest BCUT2D eigenvalue weighted by atomic mass is 9.99. The zero-order chi connectivity index (χ0) is 17.4. The van der Waals surface area contributed by atoms with Crippen molar-refractivity contribution >= 4 is 5.97 Å². The molecule has 0 saturated carbocycles. The second kappa shape index (κ2) is 6.75. The van der Waals surface area contributed by atoms with E-state index in [-0.39, 0.29) is 12.2 Å². The van der Waals surface area contributed by atoms with Gasteiger partial charge >= 0.3 is 5.97 Å². The fourth-order valence-corrected chi connectivity index (χ4v) is 2.85. The van der Waals surface area contributed by atoms with Crippen LogP contribution in [0.25, 0.3) is 0 Å². The number of carbonyl (C=O) groups is 1. The number of aliphatic carboxylic acids is 1. The predicted molar refractivity (Wildman–Crippen MR) is 78.9 cm³/mol. The summed E-state index contributed by atoms with van der Waals surface area (Å²) in [5.41, 5.74) is 0.988. The second-order valence-electron chi connectivity index (χ2n) is 6.01. The normalized spacial score (nSPS) is 40.1. The summed E-state index contributed by atoms with van der Waals surface area (Å²) in [5, 5.41) is 38.4. The molecule has 24 heavy (non-hydrogen) atoms. The van der Waals surface area contributed by atoms with Gasteiger partial charge in [-0.15, -0.1) is 0 Å². The average molecular weight is 340 g/mol. The molecule has 8 nitrogen and oxygen atoms in total. The minimum Gasteiger partial charge on any atom is -0.479 e. The van der Waals surface area contributed by atoms with E-state index < -0.39 is 42.8 Å². The van der Waals surface area contributed by atoms with Gasteiger partial charge in [-0.05, 0) is 12.5 Å². The highest BCUT2D eigenvalue weighted by Crippen LogP contribution is 2.42. The Labute approximate surface area is 138 Å². The molecule has 0 amide bonds. The maximum Gasteiger partial charge on any atom is 0.335 e. The van der Waals surface area contributed by atoms with Crippen LogP contribution in [0, 0.1) is 0 Å². The van der Waals surface area contributed by atoms with Gasteiger partial charge in [-0.3, -0.25) is 0 Å². The Hall–Kier alpha value is -1.55. The Bertz CT molecular complexity index is 579. The molecule has 8 atom stereocenters. The molecule has 0 radical (unpaired) electrons. The number of rotatable bonds is 5. The van der Waals surface area contributed by atoms with Crippen LogP contribution in [0.15, 0.2) is 30.3 Å². The van der Waals surface area contributed by atoms with Gasteiger partial charge < -0.3 is 34.6 Å². The van der Waals surface area contributed by atoms with Crippen LogP contribution >= 0.6 is 0 Å². The summed E-state index contributed by atoms with van der Waals surface area (Å²) in [5.74, 6) is -1.44. The smallest absolute Gasteiger partial charge is 0.335 e. The standard InChI is InChI=1S/C16H20O8/c1-7(12-13(23-12)8-5-3-2-4-6-8)22-16-11(19)9(17)10(18)14(24-16)15(20)21/h2-7,9-14,16-19H,1H3,(H,20,21). The third-order valence-electron chi connectivity index (χ3n) is 4.28. The Morgan fingerprint density at radius 3 is 2.38 bits per heavy atom.